The molecular weight excluding hydrogens is 298 g/mol. The minimum absolute atomic E-state index is 0.0975. The zero-order valence-electron chi connectivity index (χ0n) is 12.4. The van der Waals surface area contributed by atoms with Gasteiger partial charge in [0, 0.05) is 24.5 Å². The summed E-state index contributed by atoms with van der Waals surface area (Å²) in [5, 5.41) is 6.30. The lowest BCUT2D eigenvalue weighted by atomic mass is 10.3. The van der Waals surface area contributed by atoms with Crippen molar-refractivity contribution in [2.75, 3.05) is 16.4 Å². The van der Waals surface area contributed by atoms with Crippen molar-refractivity contribution in [3.05, 3.63) is 48.2 Å². The summed E-state index contributed by atoms with van der Waals surface area (Å²) in [6.07, 6.45) is 1.78. The van der Waals surface area contributed by atoms with Crippen molar-refractivity contribution >= 4 is 35.0 Å². The topological polar surface area (TPSA) is 71.1 Å². The van der Waals surface area contributed by atoms with Crippen LogP contribution in [0.3, 0.4) is 0 Å². The summed E-state index contributed by atoms with van der Waals surface area (Å²) in [5.74, 6) is 0.0715. The molecule has 0 saturated heterocycles. The molecule has 0 aliphatic carbocycles. The number of carbonyl (C=O) groups excluding carboxylic acids is 2. The molecule has 0 saturated carbocycles. The number of aromatic nitrogens is 1. The van der Waals surface area contributed by atoms with Gasteiger partial charge >= 0.3 is 0 Å². The van der Waals surface area contributed by atoms with Crippen molar-refractivity contribution in [2.45, 2.75) is 18.9 Å². The first kappa shape index (κ1) is 16.0. The molecule has 2 aromatic rings. The van der Waals surface area contributed by atoms with E-state index in [2.05, 4.69) is 15.6 Å². The number of hydrogen-bond donors (Lipinski definition) is 2. The number of amides is 2. The number of carbonyl (C=O) groups is 2. The van der Waals surface area contributed by atoms with E-state index in [9.17, 15) is 9.59 Å². The van der Waals surface area contributed by atoms with Crippen molar-refractivity contribution in [3.8, 4) is 0 Å². The summed E-state index contributed by atoms with van der Waals surface area (Å²) in [5.41, 5.74) is 2.48. The Morgan fingerprint density at radius 1 is 1.05 bits per heavy atom. The predicted octanol–water partition coefficient (Wildman–Crippen LogP) is 3.08. The molecule has 0 unspecified atom stereocenters. The highest BCUT2D eigenvalue weighted by atomic mass is 32.2. The second-order valence-corrected chi connectivity index (χ2v) is 5.76. The molecule has 0 aliphatic heterocycles. The molecule has 6 heteroatoms. The van der Waals surface area contributed by atoms with Crippen LogP contribution < -0.4 is 10.6 Å². The molecule has 1 heterocycles. The monoisotopic (exact) mass is 315 g/mol. The van der Waals surface area contributed by atoms with Crippen LogP contribution in [-0.4, -0.2) is 22.6 Å². The van der Waals surface area contributed by atoms with Gasteiger partial charge in [0.25, 0.3) is 0 Å². The van der Waals surface area contributed by atoms with E-state index in [-0.39, 0.29) is 11.8 Å². The molecule has 5 nitrogen and oxygen atoms in total. The number of thioether (sulfide) groups is 1. The van der Waals surface area contributed by atoms with Gasteiger partial charge in [0.1, 0.15) is 0 Å². The van der Waals surface area contributed by atoms with Crippen molar-refractivity contribution in [3.63, 3.8) is 0 Å². The number of hydrogen-bond acceptors (Lipinski definition) is 4. The SMILES string of the molecule is CC(=O)Nc1ccc(NC(=O)CSc2ccc(C)cn2)cc1. The van der Waals surface area contributed by atoms with E-state index in [0.717, 1.165) is 10.6 Å². The summed E-state index contributed by atoms with van der Waals surface area (Å²) < 4.78 is 0. The largest absolute Gasteiger partial charge is 0.326 e. The first-order chi connectivity index (χ1) is 10.5. The maximum absolute atomic E-state index is 11.9. The van der Waals surface area contributed by atoms with Crippen LogP contribution in [0, 0.1) is 6.92 Å². The van der Waals surface area contributed by atoms with E-state index in [4.69, 9.17) is 0 Å². The average molecular weight is 315 g/mol. The van der Waals surface area contributed by atoms with Gasteiger partial charge < -0.3 is 10.6 Å². The Bertz CT molecular complexity index is 654. The van der Waals surface area contributed by atoms with Crippen LogP contribution in [-0.2, 0) is 9.59 Å². The molecule has 114 valence electrons. The summed E-state index contributed by atoms with van der Waals surface area (Å²) in [7, 11) is 0. The van der Waals surface area contributed by atoms with Crippen LogP contribution in [0.25, 0.3) is 0 Å². The lowest BCUT2D eigenvalue weighted by Gasteiger charge is -2.07. The quantitative estimate of drug-likeness (QED) is 0.832. The molecule has 1 aromatic heterocycles. The number of nitrogens with zero attached hydrogens (tertiary/aromatic N) is 1. The van der Waals surface area contributed by atoms with Gasteiger partial charge in [-0.25, -0.2) is 4.98 Å². The van der Waals surface area contributed by atoms with Gasteiger partial charge in [-0.1, -0.05) is 17.8 Å². The van der Waals surface area contributed by atoms with Crippen LogP contribution in [0.1, 0.15) is 12.5 Å². The third-order valence-corrected chi connectivity index (χ3v) is 3.67. The smallest absolute Gasteiger partial charge is 0.234 e. The highest BCUT2D eigenvalue weighted by molar-refractivity contribution is 7.99. The molecule has 0 bridgehead atoms. The molecule has 0 spiro atoms. The number of pyridine rings is 1. The van der Waals surface area contributed by atoms with Crippen molar-refractivity contribution in [1.82, 2.24) is 4.98 Å². The second-order valence-electron chi connectivity index (χ2n) is 4.77. The Kier molecular flexibility index (Phi) is 5.55. The first-order valence-electron chi connectivity index (χ1n) is 6.76. The highest BCUT2D eigenvalue weighted by Gasteiger charge is 2.05. The Morgan fingerprint density at radius 3 is 2.23 bits per heavy atom. The molecule has 0 atom stereocenters. The summed E-state index contributed by atoms with van der Waals surface area (Å²) >= 11 is 1.39. The van der Waals surface area contributed by atoms with E-state index >= 15 is 0 Å². The Balaban J connectivity index is 1.83. The maximum atomic E-state index is 11.9. The van der Waals surface area contributed by atoms with Crippen molar-refractivity contribution in [1.29, 1.82) is 0 Å². The average Bonchev–Trinajstić information content (AvgIpc) is 2.48. The zero-order chi connectivity index (χ0) is 15.9. The van der Waals surface area contributed by atoms with E-state index < -0.39 is 0 Å². The van der Waals surface area contributed by atoms with Gasteiger partial charge in [-0.15, -0.1) is 0 Å². The van der Waals surface area contributed by atoms with Crippen molar-refractivity contribution in [2.24, 2.45) is 0 Å². The maximum Gasteiger partial charge on any atom is 0.234 e. The molecular formula is C16H17N3O2S. The second kappa shape index (κ2) is 7.61. The molecule has 22 heavy (non-hydrogen) atoms. The van der Waals surface area contributed by atoms with E-state index in [0.29, 0.717) is 17.1 Å². The van der Waals surface area contributed by atoms with Crippen LogP contribution in [0.15, 0.2) is 47.6 Å². The number of rotatable bonds is 5. The van der Waals surface area contributed by atoms with Crippen LogP contribution in [0.2, 0.25) is 0 Å². The number of benzene rings is 1. The van der Waals surface area contributed by atoms with Gasteiger partial charge in [0.15, 0.2) is 0 Å². The fourth-order valence-electron chi connectivity index (χ4n) is 1.72. The number of aryl methyl sites for hydroxylation is 1. The van der Waals surface area contributed by atoms with Crippen molar-refractivity contribution < 1.29 is 9.59 Å². The Labute approximate surface area is 133 Å². The minimum Gasteiger partial charge on any atom is -0.326 e. The van der Waals surface area contributed by atoms with Gasteiger partial charge in [0.05, 0.1) is 10.8 Å². The van der Waals surface area contributed by atoms with E-state index in [1.165, 1.54) is 18.7 Å². The Hall–Kier alpha value is -2.34. The third kappa shape index (κ3) is 5.21. The van der Waals surface area contributed by atoms with Crippen LogP contribution in [0.4, 0.5) is 11.4 Å². The van der Waals surface area contributed by atoms with E-state index in [1.807, 2.05) is 19.1 Å². The lowest BCUT2D eigenvalue weighted by Crippen LogP contribution is -2.14. The summed E-state index contributed by atoms with van der Waals surface area (Å²) in [4.78, 5) is 27.1. The van der Waals surface area contributed by atoms with Crippen LogP contribution >= 0.6 is 11.8 Å². The summed E-state index contributed by atoms with van der Waals surface area (Å²) in [6, 6.07) is 10.8. The van der Waals surface area contributed by atoms with Gasteiger partial charge in [0.2, 0.25) is 11.8 Å². The normalized spacial score (nSPS) is 10.1. The zero-order valence-corrected chi connectivity index (χ0v) is 13.2. The van der Waals surface area contributed by atoms with Gasteiger partial charge in [-0.3, -0.25) is 9.59 Å². The molecule has 2 amide bonds. The molecule has 2 rings (SSSR count). The fraction of sp³-hybridized carbons (Fsp3) is 0.188. The molecule has 2 N–H and O–H groups in total. The lowest BCUT2D eigenvalue weighted by molar-refractivity contribution is -0.114. The van der Waals surface area contributed by atoms with Crippen LogP contribution in [0.5, 0.6) is 0 Å². The number of nitrogens with one attached hydrogen (secondary N) is 2. The minimum atomic E-state index is -0.126. The highest BCUT2D eigenvalue weighted by Crippen LogP contribution is 2.17. The molecule has 0 radical (unpaired) electrons. The molecule has 0 aliphatic rings. The molecule has 1 aromatic carbocycles. The molecule has 0 fully saturated rings. The third-order valence-electron chi connectivity index (χ3n) is 2.72. The predicted molar refractivity (Wildman–Crippen MR) is 89.1 cm³/mol. The van der Waals surface area contributed by atoms with Gasteiger partial charge in [-0.2, -0.15) is 0 Å². The van der Waals surface area contributed by atoms with Gasteiger partial charge in [-0.05, 0) is 42.8 Å². The Morgan fingerprint density at radius 2 is 1.68 bits per heavy atom. The fourth-order valence-corrected chi connectivity index (χ4v) is 2.36. The van der Waals surface area contributed by atoms with E-state index in [1.54, 1.807) is 30.5 Å². The summed E-state index contributed by atoms with van der Waals surface area (Å²) in [6.45, 7) is 3.42. The standard InChI is InChI=1S/C16H17N3O2S/c1-11-3-8-16(17-9-11)22-10-15(21)19-14-6-4-13(5-7-14)18-12(2)20/h3-9H,10H2,1-2H3,(H,18,20)(H,19,21). The number of anilines is 2. The first-order valence-corrected chi connectivity index (χ1v) is 7.74.